The molecule has 1 saturated heterocycles. The summed E-state index contributed by atoms with van der Waals surface area (Å²) in [6, 6.07) is 17.9. The lowest BCUT2D eigenvalue weighted by atomic mass is 9.74. The van der Waals surface area contributed by atoms with E-state index in [-0.39, 0.29) is 36.3 Å². The van der Waals surface area contributed by atoms with Crippen LogP contribution in [-0.4, -0.2) is 29.5 Å². The van der Waals surface area contributed by atoms with Gasteiger partial charge >= 0.3 is 6.09 Å². The van der Waals surface area contributed by atoms with Gasteiger partial charge in [-0.1, -0.05) is 80.9 Å². The topological polar surface area (TPSA) is 46.6 Å². The first-order chi connectivity index (χ1) is 13.3. The number of benzene rings is 2. The maximum absolute atomic E-state index is 13.2. The zero-order valence-corrected chi connectivity index (χ0v) is 17.1. The molecule has 1 aliphatic rings. The Morgan fingerprint density at radius 2 is 1.86 bits per heavy atom. The number of rotatable bonds is 5. The summed E-state index contributed by atoms with van der Waals surface area (Å²) in [7, 11) is 0. The molecular weight excluding hydrogens is 350 g/mol. The summed E-state index contributed by atoms with van der Waals surface area (Å²) in [6.45, 7) is 8.72. The highest BCUT2D eigenvalue weighted by atomic mass is 16.6. The number of cyclic esters (lactones) is 1. The van der Waals surface area contributed by atoms with E-state index in [0.29, 0.717) is 6.42 Å². The number of hydrogen-bond donors (Lipinski definition) is 0. The fourth-order valence-electron chi connectivity index (χ4n) is 3.89. The molecule has 0 spiro atoms. The van der Waals surface area contributed by atoms with E-state index in [0.717, 1.165) is 11.1 Å². The summed E-state index contributed by atoms with van der Waals surface area (Å²) in [5, 5.41) is 0. The molecule has 3 rings (SSSR count). The molecule has 1 heterocycles. The predicted octanol–water partition coefficient (Wildman–Crippen LogP) is 5.10. The maximum atomic E-state index is 13.2. The summed E-state index contributed by atoms with van der Waals surface area (Å²) < 4.78 is 5.23. The third-order valence-corrected chi connectivity index (χ3v) is 5.41. The normalized spacial score (nSPS) is 18.1. The summed E-state index contributed by atoms with van der Waals surface area (Å²) >= 11 is 0. The lowest BCUT2D eigenvalue weighted by Crippen LogP contribution is -2.41. The van der Waals surface area contributed by atoms with Crippen molar-refractivity contribution in [2.24, 2.45) is 5.41 Å². The molecule has 1 aliphatic heterocycles. The van der Waals surface area contributed by atoms with Gasteiger partial charge in [-0.2, -0.15) is 0 Å². The maximum Gasteiger partial charge on any atom is 0.416 e. The standard InChI is InChI=1S/C24H29NO3/c1-17-9-8-12-19(13-17)21(24(2,3)4)15-22(26)25-20(16-28-23(25)27)14-18-10-6-5-7-11-18/h5-13,20-21H,14-16H2,1-4H3/t20-,21-/m0/s1. The van der Waals surface area contributed by atoms with Crippen molar-refractivity contribution in [3.8, 4) is 0 Å². The molecule has 0 saturated carbocycles. The first-order valence-electron chi connectivity index (χ1n) is 9.85. The molecular formula is C24H29NO3. The zero-order valence-electron chi connectivity index (χ0n) is 17.1. The van der Waals surface area contributed by atoms with Crippen molar-refractivity contribution in [1.29, 1.82) is 0 Å². The van der Waals surface area contributed by atoms with Gasteiger partial charge in [0.2, 0.25) is 5.91 Å². The minimum atomic E-state index is -0.525. The van der Waals surface area contributed by atoms with Crippen LogP contribution in [0.25, 0.3) is 0 Å². The van der Waals surface area contributed by atoms with Crippen LogP contribution in [0.2, 0.25) is 0 Å². The molecule has 0 unspecified atom stereocenters. The largest absolute Gasteiger partial charge is 0.447 e. The molecule has 2 atom stereocenters. The third kappa shape index (κ3) is 4.61. The average Bonchev–Trinajstić information content (AvgIpc) is 2.99. The van der Waals surface area contributed by atoms with Gasteiger partial charge in [-0.3, -0.25) is 4.79 Å². The van der Waals surface area contributed by atoms with Crippen molar-refractivity contribution in [2.45, 2.75) is 52.5 Å². The van der Waals surface area contributed by atoms with Crippen molar-refractivity contribution in [3.05, 3.63) is 71.3 Å². The molecule has 2 amide bonds. The van der Waals surface area contributed by atoms with Crippen LogP contribution in [0, 0.1) is 12.3 Å². The molecule has 28 heavy (non-hydrogen) atoms. The molecule has 0 aromatic heterocycles. The summed E-state index contributed by atoms with van der Waals surface area (Å²) in [4.78, 5) is 26.9. The molecule has 1 fully saturated rings. The van der Waals surface area contributed by atoms with Gasteiger partial charge in [0.25, 0.3) is 0 Å². The number of nitrogens with zero attached hydrogens (tertiary/aromatic N) is 1. The van der Waals surface area contributed by atoms with Gasteiger partial charge in [0.15, 0.2) is 0 Å². The summed E-state index contributed by atoms with van der Waals surface area (Å²) in [6.07, 6.45) is 0.374. The minimum Gasteiger partial charge on any atom is -0.447 e. The van der Waals surface area contributed by atoms with Crippen LogP contribution in [0.3, 0.4) is 0 Å². The van der Waals surface area contributed by atoms with Gasteiger partial charge < -0.3 is 4.74 Å². The number of ether oxygens (including phenoxy) is 1. The van der Waals surface area contributed by atoms with Crippen LogP contribution in [-0.2, 0) is 16.0 Å². The number of aryl methyl sites for hydroxylation is 1. The number of amides is 2. The predicted molar refractivity (Wildman–Crippen MR) is 110 cm³/mol. The molecule has 0 aliphatic carbocycles. The van der Waals surface area contributed by atoms with Gasteiger partial charge in [0.1, 0.15) is 6.61 Å². The highest BCUT2D eigenvalue weighted by Gasteiger charge is 2.40. The Morgan fingerprint density at radius 3 is 2.50 bits per heavy atom. The number of hydrogen-bond acceptors (Lipinski definition) is 3. The van der Waals surface area contributed by atoms with Crippen LogP contribution in [0.1, 0.15) is 49.8 Å². The van der Waals surface area contributed by atoms with E-state index in [2.05, 4.69) is 45.9 Å². The lowest BCUT2D eigenvalue weighted by molar-refractivity contribution is -0.130. The molecule has 2 aromatic carbocycles. The van der Waals surface area contributed by atoms with Crippen molar-refractivity contribution in [2.75, 3.05) is 6.61 Å². The van der Waals surface area contributed by atoms with Crippen LogP contribution < -0.4 is 0 Å². The van der Waals surface area contributed by atoms with Crippen LogP contribution >= 0.6 is 0 Å². The van der Waals surface area contributed by atoms with E-state index in [1.165, 1.54) is 10.5 Å². The Morgan fingerprint density at radius 1 is 1.14 bits per heavy atom. The molecule has 2 aromatic rings. The Kier molecular flexibility index (Phi) is 5.87. The van der Waals surface area contributed by atoms with Gasteiger partial charge in [-0.05, 0) is 35.8 Å². The fraction of sp³-hybridized carbons (Fsp3) is 0.417. The van der Waals surface area contributed by atoms with Crippen molar-refractivity contribution >= 4 is 12.0 Å². The monoisotopic (exact) mass is 379 g/mol. The van der Waals surface area contributed by atoms with E-state index < -0.39 is 6.09 Å². The van der Waals surface area contributed by atoms with Gasteiger partial charge in [-0.25, -0.2) is 9.69 Å². The quantitative estimate of drug-likeness (QED) is 0.726. The smallest absolute Gasteiger partial charge is 0.416 e. The second kappa shape index (κ2) is 8.17. The van der Waals surface area contributed by atoms with Crippen LogP contribution in [0.4, 0.5) is 4.79 Å². The molecule has 4 nitrogen and oxygen atoms in total. The molecule has 0 bridgehead atoms. The Bertz CT molecular complexity index is 838. The van der Waals surface area contributed by atoms with E-state index in [1.54, 1.807) is 0 Å². The van der Waals surface area contributed by atoms with Crippen LogP contribution in [0.5, 0.6) is 0 Å². The SMILES string of the molecule is Cc1cccc([C@H](CC(=O)N2C(=O)OC[C@@H]2Cc2ccccc2)C(C)(C)C)c1. The average molecular weight is 380 g/mol. The lowest BCUT2D eigenvalue weighted by Gasteiger charge is -2.32. The first kappa shape index (κ1) is 20.1. The van der Waals surface area contributed by atoms with Gasteiger partial charge in [0, 0.05) is 6.42 Å². The summed E-state index contributed by atoms with van der Waals surface area (Å²) in [5.41, 5.74) is 3.28. The molecule has 148 valence electrons. The number of carbonyl (C=O) groups is 2. The van der Waals surface area contributed by atoms with Crippen LogP contribution in [0.15, 0.2) is 54.6 Å². The second-order valence-electron chi connectivity index (χ2n) is 8.72. The van der Waals surface area contributed by atoms with E-state index >= 15 is 0 Å². The van der Waals surface area contributed by atoms with Gasteiger partial charge in [0.05, 0.1) is 6.04 Å². The Balaban J connectivity index is 1.80. The third-order valence-electron chi connectivity index (χ3n) is 5.41. The molecule has 0 N–H and O–H groups in total. The van der Waals surface area contributed by atoms with Crippen molar-refractivity contribution in [1.82, 2.24) is 4.90 Å². The number of carbonyl (C=O) groups excluding carboxylic acids is 2. The highest BCUT2D eigenvalue weighted by Crippen LogP contribution is 2.39. The van der Waals surface area contributed by atoms with Crippen molar-refractivity contribution < 1.29 is 14.3 Å². The molecule has 0 radical (unpaired) electrons. The Labute approximate surface area is 167 Å². The first-order valence-corrected chi connectivity index (χ1v) is 9.85. The number of imide groups is 1. The van der Waals surface area contributed by atoms with Gasteiger partial charge in [-0.15, -0.1) is 0 Å². The van der Waals surface area contributed by atoms with E-state index in [9.17, 15) is 9.59 Å². The summed E-state index contributed by atoms with van der Waals surface area (Å²) in [5.74, 6) is -0.143. The van der Waals surface area contributed by atoms with E-state index in [4.69, 9.17) is 4.74 Å². The van der Waals surface area contributed by atoms with E-state index in [1.807, 2.05) is 36.4 Å². The Hall–Kier alpha value is -2.62. The van der Waals surface area contributed by atoms with Crippen molar-refractivity contribution in [3.63, 3.8) is 0 Å². The fourth-order valence-corrected chi connectivity index (χ4v) is 3.89. The second-order valence-corrected chi connectivity index (χ2v) is 8.72. The zero-order chi connectivity index (χ0) is 20.3. The molecule has 4 heteroatoms. The highest BCUT2D eigenvalue weighted by molar-refractivity contribution is 5.94. The minimum absolute atomic E-state index is 0.0191.